The predicted octanol–water partition coefficient (Wildman–Crippen LogP) is 6.87. The van der Waals surface area contributed by atoms with Crippen molar-refractivity contribution in [1.82, 2.24) is 0 Å². The number of hydrogen-bond donors (Lipinski definition) is 1. The van der Waals surface area contributed by atoms with Crippen LogP contribution in [-0.4, -0.2) is 11.7 Å². The van der Waals surface area contributed by atoms with Gasteiger partial charge in [0.1, 0.15) is 11.3 Å². The summed E-state index contributed by atoms with van der Waals surface area (Å²) in [5.74, 6) is -2.90. The van der Waals surface area contributed by atoms with Gasteiger partial charge in [-0.05, 0) is 30.7 Å². The molecule has 2 nitrogen and oxygen atoms in total. The molecule has 0 amide bonds. The molecule has 0 bridgehead atoms. The quantitative estimate of drug-likeness (QED) is 0.196. The van der Waals surface area contributed by atoms with Gasteiger partial charge in [-0.1, -0.05) is 63.7 Å². The maximum Gasteiger partial charge on any atom is 0.205 e. The summed E-state index contributed by atoms with van der Waals surface area (Å²) >= 11 is 0. The molecule has 2 aromatic rings. The molecule has 0 spiro atoms. The van der Waals surface area contributed by atoms with Crippen LogP contribution in [0.1, 0.15) is 69.4 Å². The van der Waals surface area contributed by atoms with Crippen molar-refractivity contribution in [3.8, 4) is 23.3 Å². The molecule has 0 heterocycles. The van der Waals surface area contributed by atoms with Gasteiger partial charge in [0.05, 0.1) is 6.61 Å². The first kappa shape index (κ1) is 23.6. The van der Waals surface area contributed by atoms with E-state index in [9.17, 15) is 22.7 Å². The highest BCUT2D eigenvalue weighted by atomic mass is 19.2. The highest BCUT2D eigenvalue weighted by molar-refractivity contribution is 5.48. The number of benzene rings is 2. The van der Waals surface area contributed by atoms with Crippen molar-refractivity contribution in [2.45, 2.75) is 58.3 Å². The Hall–Kier alpha value is -2.68. The third-order valence-electron chi connectivity index (χ3n) is 4.67. The standard InChI is InChI=1S/C24H26F4O2/c1-2-3-4-5-6-7-8-9-16-30-24-22(27)20(25)19(21(26)23(24)28)15-12-17-10-13-18(29)14-11-17/h10-11,13-14,29H,2-9,16H2,1H3. The number of aromatic hydroxyl groups is 1. The van der Waals surface area contributed by atoms with Gasteiger partial charge in [-0.3, -0.25) is 0 Å². The zero-order valence-electron chi connectivity index (χ0n) is 17.0. The summed E-state index contributed by atoms with van der Waals surface area (Å²) in [5, 5.41) is 9.21. The summed E-state index contributed by atoms with van der Waals surface area (Å²) in [6.07, 6.45) is 8.17. The van der Waals surface area contributed by atoms with Crippen LogP contribution in [0.25, 0.3) is 0 Å². The lowest BCUT2D eigenvalue weighted by Gasteiger charge is -2.11. The highest BCUT2D eigenvalue weighted by Crippen LogP contribution is 2.30. The van der Waals surface area contributed by atoms with E-state index in [0.717, 1.165) is 25.7 Å². The number of phenolic OH excluding ortho intramolecular Hbond substituents is 1. The van der Waals surface area contributed by atoms with E-state index < -0.39 is 34.6 Å². The van der Waals surface area contributed by atoms with Gasteiger partial charge in [0, 0.05) is 5.56 Å². The minimum Gasteiger partial charge on any atom is -0.508 e. The Kier molecular flexibility index (Phi) is 9.53. The molecule has 0 aliphatic carbocycles. The molecule has 2 rings (SSSR count). The van der Waals surface area contributed by atoms with Crippen LogP contribution in [0.5, 0.6) is 11.5 Å². The van der Waals surface area contributed by atoms with Gasteiger partial charge in [0.2, 0.25) is 11.6 Å². The Morgan fingerprint density at radius 3 is 1.83 bits per heavy atom. The molecule has 1 N–H and O–H groups in total. The largest absolute Gasteiger partial charge is 0.508 e. The molecule has 0 fully saturated rings. The summed E-state index contributed by atoms with van der Waals surface area (Å²) in [6.45, 7) is 2.12. The Morgan fingerprint density at radius 2 is 1.27 bits per heavy atom. The third kappa shape index (κ3) is 6.69. The van der Waals surface area contributed by atoms with Crippen LogP contribution in [0.3, 0.4) is 0 Å². The van der Waals surface area contributed by atoms with Crippen molar-refractivity contribution < 1.29 is 27.4 Å². The van der Waals surface area contributed by atoms with Crippen LogP contribution < -0.4 is 4.74 Å². The van der Waals surface area contributed by atoms with Gasteiger partial charge in [0.25, 0.3) is 0 Å². The molecule has 162 valence electrons. The van der Waals surface area contributed by atoms with Crippen LogP contribution in [0, 0.1) is 35.1 Å². The van der Waals surface area contributed by atoms with Crippen LogP contribution in [0.15, 0.2) is 24.3 Å². The summed E-state index contributed by atoms with van der Waals surface area (Å²) in [5.41, 5.74) is -0.681. The third-order valence-corrected chi connectivity index (χ3v) is 4.67. The average Bonchev–Trinajstić information content (AvgIpc) is 2.74. The molecular formula is C24H26F4O2. The van der Waals surface area contributed by atoms with E-state index in [1.165, 1.54) is 43.5 Å². The molecule has 0 aliphatic heterocycles. The molecule has 0 unspecified atom stereocenters. The highest BCUT2D eigenvalue weighted by Gasteiger charge is 2.25. The summed E-state index contributed by atoms with van der Waals surface area (Å²) in [6, 6.07) is 5.48. The Morgan fingerprint density at radius 1 is 0.733 bits per heavy atom. The van der Waals surface area contributed by atoms with Crippen LogP contribution in [-0.2, 0) is 0 Å². The number of phenols is 1. The number of rotatable bonds is 10. The molecule has 0 aliphatic rings. The second-order valence-electron chi connectivity index (χ2n) is 7.08. The maximum absolute atomic E-state index is 14.2. The topological polar surface area (TPSA) is 29.5 Å². The lowest BCUT2D eigenvalue weighted by molar-refractivity contribution is 0.263. The van der Waals surface area contributed by atoms with Crippen molar-refractivity contribution in [1.29, 1.82) is 0 Å². The second kappa shape index (κ2) is 12.1. The maximum atomic E-state index is 14.2. The molecule has 0 aromatic heterocycles. The molecule has 30 heavy (non-hydrogen) atoms. The monoisotopic (exact) mass is 422 g/mol. The minimum absolute atomic E-state index is 0.00649. The second-order valence-corrected chi connectivity index (χ2v) is 7.08. The van der Waals surface area contributed by atoms with Gasteiger partial charge in [-0.15, -0.1) is 0 Å². The first-order valence-electron chi connectivity index (χ1n) is 10.3. The van der Waals surface area contributed by atoms with Gasteiger partial charge >= 0.3 is 0 Å². The van der Waals surface area contributed by atoms with E-state index >= 15 is 0 Å². The van der Waals surface area contributed by atoms with E-state index in [1.807, 2.05) is 0 Å². The fourth-order valence-corrected chi connectivity index (χ4v) is 2.94. The summed E-state index contributed by atoms with van der Waals surface area (Å²) in [4.78, 5) is 0. The number of halogens is 4. The van der Waals surface area contributed by atoms with E-state index in [2.05, 4.69) is 18.8 Å². The van der Waals surface area contributed by atoms with Gasteiger partial charge in [-0.2, -0.15) is 8.78 Å². The average molecular weight is 422 g/mol. The van der Waals surface area contributed by atoms with Crippen LogP contribution in [0.4, 0.5) is 17.6 Å². The predicted molar refractivity (Wildman–Crippen MR) is 108 cm³/mol. The minimum atomic E-state index is -1.59. The van der Waals surface area contributed by atoms with E-state index in [0.29, 0.717) is 12.0 Å². The van der Waals surface area contributed by atoms with Crippen LogP contribution >= 0.6 is 0 Å². The molecule has 6 heteroatoms. The van der Waals surface area contributed by atoms with Crippen molar-refractivity contribution >= 4 is 0 Å². The fraction of sp³-hybridized carbons (Fsp3) is 0.417. The summed E-state index contributed by atoms with van der Waals surface area (Å²) < 4.78 is 61.9. The zero-order valence-corrected chi connectivity index (χ0v) is 17.0. The van der Waals surface area contributed by atoms with Crippen LogP contribution in [0.2, 0.25) is 0 Å². The smallest absolute Gasteiger partial charge is 0.205 e. The van der Waals surface area contributed by atoms with E-state index in [4.69, 9.17) is 4.74 Å². The number of unbranched alkanes of at least 4 members (excludes halogenated alkanes) is 7. The SMILES string of the molecule is CCCCCCCCCCOc1c(F)c(F)c(C#Cc2ccc(O)cc2)c(F)c1F. The van der Waals surface area contributed by atoms with Gasteiger partial charge in [0.15, 0.2) is 17.4 Å². The van der Waals surface area contributed by atoms with Crippen molar-refractivity contribution in [2.24, 2.45) is 0 Å². The lowest BCUT2D eigenvalue weighted by atomic mass is 10.1. The molecular weight excluding hydrogens is 396 g/mol. The molecule has 0 saturated heterocycles. The van der Waals surface area contributed by atoms with Crippen molar-refractivity contribution in [2.75, 3.05) is 6.61 Å². The number of ether oxygens (including phenoxy) is 1. The van der Waals surface area contributed by atoms with E-state index in [-0.39, 0.29) is 12.4 Å². The molecule has 2 aromatic carbocycles. The molecule has 0 atom stereocenters. The first-order chi connectivity index (χ1) is 14.5. The van der Waals surface area contributed by atoms with Crippen molar-refractivity contribution in [3.63, 3.8) is 0 Å². The summed E-state index contributed by atoms with van der Waals surface area (Å²) in [7, 11) is 0. The fourth-order valence-electron chi connectivity index (χ4n) is 2.94. The zero-order chi connectivity index (χ0) is 21.9. The van der Waals surface area contributed by atoms with Gasteiger partial charge < -0.3 is 9.84 Å². The van der Waals surface area contributed by atoms with Gasteiger partial charge in [-0.25, -0.2) is 8.78 Å². The van der Waals surface area contributed by atoms with Crippen molar-refractivity contribution in [3.05, 3.63) is 58.7 Å². The Balaban J connectivity index is 1.98. The normalized spacial score (nSPS) is 10.6. The van der Waals surface area contributed by atoms with E-state index in [1.54, 1.807) is 0 Å². The first-order valence-corrected chi connectivity index (χ1v) is 10.3. The Bertz CT molecular complexity index is 854. The number of hydrogen-bond acceptors (Lipinski definition) is 2. The molecule has 0 saturated carbocycles. The molecule has 0 radical (unpaired) electrons. The Labute approximate surface area is 174 Å². The lowest BCUT2D eigenvalue weighted by Crippen LogP contribution is -2.08.